The standard InChI is InChI=1S/C19H25N3O3S/c1-11(2)21-19(7-8-22(4)10-19)18(25)20-13-5-6-15-14(9-13)12(3)16(26-15)17(23)24/h5-6,9,11,21H,7-8,10H2,1-4H3,(H,20,25)(H,23,24). The molecule has 0 aliphatic carbocycles. The molecule has 1 saturated heterocycles. The zero-order chi connectivity index (χ0) is 19.1. The van der Waals surface area contributed by atoms with Crippen LogP contribution in [0.2, 0.25) is 0 Å². The molecule has 0 bridgehead atoms. The van der Waals surface area contributed by atoms with Gasteiger partial charge in [-0.15, -0.1) is 11.3 Å². The number of hydrogen-bond donors (Lipinski definition) is 3. The van der Waals surface area contributed by atoms with Crippen molar-refractivity contribution in [2.75, 3.05) is 25.5 Å². The Morgan fingerprint density at radius 3 is 2.65 bits per heavy atom. The molecule has 7 heteroatoms. The molecule has 6 nitrogen and oxygen atoms in total. The lowest BCUT2D eigenvalue weighted by Gasteiger charge is -2.31. The van der Waals surface area contributed by atoms with Gasteiger partial charge in [0.25, 0.3) is 0 Å². The molecule has 0 radical (unpaired) electrons. The lowest BCUT2D eigenvalue weighted by atomic mass is 9.95. The summed E-state index contributed by atoms with van der Waals surface area (Å²) in [5.41, 5.74) is 0.831. The van der Waals surface area contributed by atoms with Crippen molar-refractivity contribution in [3.8, 4) is 0 Å². The SMILES string of the molecule is Cc1c(C(=O)O)sc2ccc(NC(=O)C3(NC(C)C)CCN(C)C3)cc12. The van der Waals surface area contributed by atoms with Gasteiger partial charge in [0.05, 0.1) is 0 Å². The topological polar surface area (TPSA) is 81.7 Å². The summed E-state index contributed by atoms with van der Waals surface area (Å²) in [6, 6.07) is 5.78. The number of nitrogens with zero attached hydrogens (tertiary/aromatic N) is 1. The van der Waals surface area contributed by atoms with Crippen molar-refractivity contribution >= 4 is 39.0 Å². The minimum Gasteiger partial charge on any atom is -0.477 e. The summed E-state index contributed by atoms with van der Waals surface area (Å²) in [4.78, 5) is 26.9. The van der Waals surface area contributed by atoms with E-state index in [0.717, 1.165) is 28.6 Å². The van der Waals surface area contributed by atoms with Gasteiger partial charge in [0.2, 0.25) is 5.91 Å². The van der Waals surface area contributed by atoms with Gasteiger partial charge < -0.3 is 15.3 Å². The van der Waals surface area contributed by atoms with Crippen molar-refractivity contribution < 1.29 is 14.7 Å². The average molecular weight is 375 g/mol. The third kappa shape index (κ3) is 3.47. The highest BCUT2D eigenvalue weighted by atomic mass is 32.1. The van der Waals surface area contributed by atoms with E-state index < -0.39 is 11.5 Å². The minimum atomic E-state index is -0.914. The van der Waals surface area contributed by atoms with Gasteiger partial charge in [0.15, 0.2) is 0 Å². The number of carboxylic acid groups (broad SMARTS) is 1. The van der Waals surface area contributed by atoms with E-state index in [1.165, 1.54) is 11.3 Å². The molecule has 26 heavy (non-hydrogen) atoms. The van der Waals surface area contributed by atoms with Gasteiger partial charge >= 0.3 is 5.97 Å². The highest BCUT2D eigenvalue weighted by Gasteiger charge is 2.43. The van der Waals surface area contributed by atoms with Crippen molar-refractivity contribution in [3.63, 3.8) is 0 Å². The number of benzene rings is 1. The number of likely N-dealkylation sites (N-methyl/N-ethyl adjacent to an activating group) is 1. The van der Waals surface area contributed by atoms with Crippen LogP contribution in [-0.4, -0.2) is 53.6 Å². The number of carbonyl (C=O) groups is 2. The molecule has 1 aromatic heterocycles. The maximum atomic E-state index is 13.1. The number of rotatable bonds is 5. The van der Waals surface area contributed by atoms with Gasteiger partial charge in [-0.2, -0.15) is 0 Å². The van der Waals surface area contributed by atoms with E-state index in [4.69, 9.17) is 0 Å². The Hall–Kier alpha value is -1.96. The molecule has 1 aliphatic heterocycles. The van der Waals surface area contributed by atoms with E-state index in [0.29, 0.717) is 17.1 Å². The average Bonchev–Trinajstić information content (AvgIpc) is 3.08. The number of aryl methyl sites for hydroxylation is 1. The van der Waals surface area contributed by atoms with E-state index in [9.17, 15) is 14.7 Å². The summed E-state index contributed by atoms with van der Waals surface area (Å²) in [7, 11) is 2.02. The summed E-state index contributed by atoms with van der Waals surface area (Å²) >= 11 is 1.26. The largest absolute Gasteiger partial charge is 0.477 e. The highest BCUT2D eigenvalue weighted by molar-refractivity contribution is 7.21. The number of anilines is 1. The first-order chi connectivity index (χ1) is 12.2. The molecule has 1 atom stereocenters. The maximum Gasteiger partial charge on any atom is 0.346 e. The molecule has 0 saturated carbocycles. The molecule has 1 amide bonds. The van der Waals surface area contributed by atoms with E-state index >= 15 is 0 Å². The molecule has 140 valence electrons. The second-order valence-electron chi connectivity index (χ2n) is 7.40. The molecular formula is C19H25N3O3S. The van der Waals surface area contributed by atoms with Gasteiger partial charge in [-0.1, -0.05) is 0 Å². The molecule has 1 aliphatic rings. The minimum absolute atomic E-state index is 0.0405. The molecule has 3 rings (SSSR count). The first-order valence-electron chi connectivity index (χ1n) is 8.76. The molecule has 1 unspecified atom stereocenters. The van der Waals surface area contributed by atoms with Crippen LogP contribution in [-0.2, 0) is 4.79 Å². The zero-order valence-corrected chi connectivity index (χ0v) is 16.4. The monoisotopic (exact) mass is 375 g/mol. The number of amides is 1. The Labute approximate surface area is 157 Å². The second kappa shape index (κ2) is 6.98. The number of carbonyl (C=O) groups excluding carboxylic acids is 1. The van der Waals surface area contributed by atoms with Crippen LogP contribution in [0.15, 0.2) is 18.2 Å². The van der Waals surface area contributed by atoms with Gasteiger partial charge in [0, 0.05) is 29.5 Å². The number of fused-ring (bicyclic) bond motifs is 1. The van der Waals surface area contributed by atoms with Crippen molar-refractivity contribution in [2.24, 2.45) is 0 Å². The fraction of sp³-hybridized carbons (Fsp3) is 0.474. The van der Waals surface area contributed by atoms with Crippen molar-refractivity contribution in [1.29, 1.82) is 0 Å². The van der Waals surface area contributed by atoms with Crippen LogP contribution in [0.25, 0.3) is 10.1 Å². The Kier molecular flexibility index (Phi) is 5.05. The van der Waals surface area contributed by atoms with Crippen LogP contribution in [0, 0.1) is 6.92 Å². The Bertz CT molecular complexity index is 861. The van der Waals surface area contributed by atoms with Gasteiger partial charge in [-0.3, -0.25) is 10.1 Å². The first kappa shape index (κ1) is 18.8. The molecule has 1 aromatic carbocycles. The van der Waals surface area contributed by atoms with E-state index in [-0.39, 0.29) is 11.9 Å². The van der Waals surface area contributed by atoms with Crippen molar-refractivity contribution in [2.45, 2.75) is 38.8 Å². The summed E-state index contributed by atoms with van der Waals surface area (Å²) in [5, 5.41) is 16.7. The first-order valence-corrected chi connectivity index (χ1v) is 9.57. The molecule has 2 aromatic rings. The lowest BCUT2D eigenvalue weighted by molar-refractivity contribution is -0.122. The summed E-state index contributed by atoms with van der Waals surface area (Å²) in [5.74, 6) is -0.954. The van der Waals surface area contributed by atoms with Crippen LogP contribution in [0.4, 0.5) is 5.69 Å². The molecule has 0 spiro atoms. The molecular weight excluding hydrogens is 350 g/mol. The lowest BCUT2D eigenvalue weighted by Crippen LogP contribution is -2.58. The summed E-state index contributed by atoms with van der Waals surface area (Å²) in [6.07, 6.45) is 0.760. The van der Waals surface area contributed by atoms with Crippen LogP contribution in [0.5, 0.6) is 0 Å². The predicted molar refractivity (Wildman–Crippen MR) is 105 cm³/mol. The van der Waals surface area contributed by atoms with Crippen LogP contribution in [0.3, 0.4) is 0 Å². The summed E-state index contributed by atoms with van der Waals surface area (Å²) in [6.45, 7) is 7.43. The summed E-state index contributed by atoms with van der Waals surface area (Å²) < 4.78 is 0.911. The highest BCUT2D eigenvalue weighted by Crippen LogP contribution is 2.33. The molecule has 3 N–H and O–H groups in total. The second-order valence-corrected chi connectivity index (χ2v) is 8.45. The van der Waals surface area contributed by atoms with Gasteiger partial charge in [-0.25, -0.2) is 4.79 Å². The van der Waals surface area contributed by atoms with E-state index in [1.807, 2.05) is 46.0 Å². The smallest absolute Gasteiger partial charge is 0.346 e. The van der Waals surface area contributed by atoms with Crippen LogP contribution < -0.4 is 10.6 Å². The number of nitrogens with one attached hydrogen (secondary N) is 2. The number of hydrogen-bond acceptors (Lipinski definition) is 5. The van der Waals surface area contributed by atoms with Crippen molar-refractivity contribution in [1.82, 2.24) is 10.2 Å². The Morgan fingerprint density at radius 1 is 1.35 bits per heavy atom. The number of thiophene rings is 1. The Morgan fingerprint density at radius 2 is 2.08 bits per heavy atom. The Balaban J connectivity index is 1.88. The fourth-order valence-corrected chi connectivity index (χ4v) is 4.70. The normalized spacial score (nSPS) is 20.8. The maximum absolute atomic E-state index is 13.1. The van der Waals surface area contributed by atoms with Crippen molar-refractivity contribution in [3.05, 3.63) is 28.6 Å². The number of aromatic carboxylic acids is 1. The molecule has 1 fully saturated rings. The van der Waals surface area contributed by atoms with Crippen LogP contribution >= 0.6 is 11.3 Å². The quantitative estimate of drug-likeness (QED) is 0.749. The third-order valence-electron chi connectivity index (χ3n) is 4.85. The van der Waals surface area contributed by atoms with E-state index in [2.05, 4.69) is 15.5 Å². The van der Waals surface area contributed by atoms with Crippen LogP contribution in [0.1, 0.15) is 35.5 Å². The number of likely N-dealkylation sites (tertiary alicyclic amines) is 1. The van der Waals surface area contributed by atoms with E-state index in [1.54, 1.807) is 0 Å². The van der Waals surface area contributed by atoms with Gasteiger partial charge in [0.1, 0.15) is 10.4 Å². The van der Waals surface area contributed by atoms with Gasteiger partial charge in [-0.05, 0) is 63.4 Å². The zero-order valence-electron chi connectivity index (χ0n) is 15.5. The predicted octanol–water partition coefficient (Wildman–Crippen LogP) is 2.92. The third-order valence-corrected chi connectivity index (χ3v) is 6.11. The molecule has 2 heterocycles. The number of carboxylic acids is 1. The fourth-order valence-electron chi connectivity index (χ4n) is 3.68.